The molecular formula is C12H18N2O. The van der Waals surface area contributed by atoms with Crippen molar-refractivity contribution in [3.63, 3.8) is 0 Å². The second-order valence-corrected chi connectivity index (χ2v) is 3.98. The van der Waals surface area contributed by atoms with Crippen LogP contribution in [0.15, 0.2) is 18.2 Å². The Morgan fingerprint density at radius 3 is 2.67 bits per heavy atom. The van der Waals surface area contributed by atoms with E-state index in [1.165, 1.54) is 18.5 Å². The Morgan fingerprint density at radius 1 is 1.40 bits per heavy atom. The van der Waals surface area contributed by atoms with E-state index in [2.05, 4.69) is 17.9 Å². The van der Waals surface area contributed by atoms with E-state index in [1.54, 1.807) is 7.11 Å². The molecule has 82 valence electrons. The molecule has 1 aliphatic carbocycles. The third-order valence-corrected chi connectivity index (χ3v) is 2.81. The second-order valence-electron chi connectivity index (χ2n) is 3.98. The summed E-state index contributed by atoms with van der Waals surface area (Å²) in [6.07, 6.45) is 2.59. The van der Waals surface area contributed by atoms with Crippen LogP contribution in [0.3, 0.4) is 0 Å². The van der Waals surface area contributed by atoms with Gasteiger partial charge in [-0.3, -0.25) is 0 Å². The minimum atomic E-state index is 0.710. The molecular weight excluding hydrogens is 188 g/mol. The van der Waals surface area contributed by atoms with Crippen LogP contribution in [-0.2, 0) is 0 Å². The average molecular weight is 206 g/mol. The van der Waals surface area contributed by atoms with Gasteiger partial charge in [0.2, 0.25) is 0 Å². The highest BCUT2D eigenvalue weighted by Crippen LogP contribution is 2.34. The Morgan fingerprint density at radius 2 is 2.13 bits per heavy atom. The van der Waals surface area contributed by atoms with Crippen molar-refractivity contribution in [3.8, 4) is 5.75 Å². The smallest absolute Gasteiger partial charge is 0.122 e. The van der Waals surface area contributed by atoms with Crippen molar-refractivity contribution < 1.29 is 4.74 Å². The van der Waals surface area contributed by atoms with Crippen LogP contribution in [-0.4, -0.2) is 19.7 Å². The number of anilines is 2. The van der Waals surface area contributed by atoms with Gasteiger partial charge in [-0.2, -0.15) is 0 Å². The van der Waals surface area contributed by atoms with E-state index in [9.17, 15) is 0 Å². The maximum absolute atomic E-state index is 5.84. The fourth-order valence-corrected chi connectivity index (χ4v) is 1.93. The highest BCUT2D eigenvalue weighted by molar-refractivity contribution is 5.61. The van der Waals surface area contributed by atoms with Crippen LogP contribution in [0.5, 0.6) is 5.75 Å². The number of hydrogen-bond donors (Lipinski definition) is 1. The van der Waals surface area contributed by atoms with Gasteiger partial charge in [0.1, 0.15) is 5.75 Å². The van der Waals surface area contributed by atoms with Crippen molar-refractivity contribution in [1.82, 2.24) is 0 Å². The predicted octanol–water partition coefficient (Wildman–Crippen LogP) is 2.27. The molecule has 3 nitrogen and oxygen atoms in total. The molecule has 0 radical (unpaired) electrons. The lowest BCUT2D eigenvalue weighted by molar-refractivity contribution is 0.415. The van der Waals surface area contributed by atoms with Gasteiger partial charge in [-0.05, 0) is 25.8 Å². The number of nitrogens with two attached hydrogens (primary N) is 1. The zero-order valence-corrected chi connectivity index (χ0v) is 9.36. The third kappa shape index (κ3) is 2.17. The number of ether oxygens (including phenoxy) is 1. The van der Waals surface area contributed by atoms with Gasteiger partial charge in [0.05, 0.1) is 7.11 Å². The zero-order valence-electron chi connectivity index (χ0n) is 9.36. The van der Waals surface area contributed by atoms with E-state index >= 15 is 0 Å². The molecule has 0 aliphatic heterocycles. The Balaban J connectivity index is 2.28. The molecule has 0 atom stereocenters. The standard InChI is InChI=1S/C12H18N2O/c1-3-14(10-4-5-10)11-6-9(13)7-12(8-11)15-2/h6-8,10H,3-5,13H2,1-2H3. The monoisotopic (exact) mass is 206 g/mol. The van der Waals surface area contributed by atoms with Gasteiger partial charge in [-0.1, -0.05) is 0 Å². The number of nitrogens with zero attached hydrogens (tertiary/aromatic N) is 1. The Bertz CT molecular complexity index is 347. The molecule has 3 heteroatoms. The van der Waals surface area contributed by atoms with Crippen molar-refractivity contribution in [3.05, 3.63) is 18.2 Å². The zero-order chi connectivity index (χ0) is 10.8. The quantitative estimate of drug-likeness (QED) is 0.768. The van der Waals surface area contributed by atoms with Crippen molar-refractivity contribution in [2.45, 2.75) is 25.8 Å². The maximum Gasteiger partial charge on any atom is 0.122 e. The first-order valence-electron chi connectivity index (χ1n) is 5.45. The number of nitrogen functional groups attached to an aromatic ring is 1. The van der Waals surface area contributed by atoms with Crippen LogP contribution in [0.1, 0.15) is 19.8 Å². The molecule has 1 aliphatic rings. The predicted molar refractivity (Wildman–Crippen MR) is 63.4 cm³/mol. The van der Waals surface area contributed by atoms with E-state index in [0.29, 0.717) is 6.04 Å². The van der Waals surface area contributed by atoms with Crippen molar-refractivity contribution in [2.24, 2.45) is 0 Å². The molecule has 1 aromatic rings. The molecule has 0 spiro atoms. The highest BCUT2D eigenvalue weighted by Gasteiger charge is 2.28. The van der Waals surface area contributed by atoms with Crippen molar-refractivity contribution >= 4 is 11.4 Å². The van der Waals surface area contributed by atoms with Crippen LogP contribution in [0.25, 0.3) is 0 Å². The number of hydrogen-bond acceptors (Lipinski definition) is 3. The summed E-state index contributed by atoms with van der Waals surface area (Å²) in [5, 5.41) is 0. The summed E-state index contributed by atoms with van der Waals surface area (Å²) >= 11 is 0. The molecule has 1 saturated carbocycles. The minimum absolute atomic E-state index is 0.710. The van der Waals surface area contributed by atoms with Crippen LogP contribution in [0.2, 0.25) is 0 Å². The molecule has 0 amide bonds. The van der Waals surface area contributed by atoms with Crippen LogP contribution >= 0.6 is 0 Å². The molecule has 1 fully saturated rings. The molecule has 0 aromatic heterocycles. The maximum atomic E-state index is 5.84. The highest BCUT2D eigenvalue weighted by atomic mass is 16.5. The Hall–Kier alpha value is -1.38. The molecule has 1 aromatic carbocycles. The van der Waals surface area contributed by atoms with Crippen molar-refractivity contribution in [1.29, 1.82) is 0 Å². The van der Waals surface area contributed by atoms with Gasteiger partial charge < -0.3 is 15.4 Å². The first-order valence-corrected chi connectivity index (χ1v) is 5.45. The van der Waals surface area contributed by atoms with E-state index in [-0.39, 0.29) is 0 Å². The lowest BCUT2D eigenvalue weighted by Gasteiger charge is -2.23. The lowest BCUT2D eigenvalue weighted by atomic mass is 10.2. The lowest BCUT2D eigenvalue weighted by Crippen LogP contribution is -2.25. The van der Waals surface area contributed by atoms with Gasteiger partial charge in [-0.25, -0.2) is 0 Å². The Labute approximate surface area is 90.8 Å². The molecule has 15 heavy (non-hydrogen) atoms. The van der Waals surface area contributed by atoms with E-state index in [4.69, 9.17) is 10.5 Å². The van der Waals surface area contributed by atoms with Gasteiger partial charge >= 0.3 is 0 Å². The SMILES string of the molecule is CCN(c1cc(N)cc(OC)c1)C1CC1. The summed E-state index contributed by atoms with van der Waals surface area (Å²) in [6.45, 7) is 3.20. The van der Waals surface area contributed by atoms with Crippen molar-refractivity contribution in [2.75, 3.05) is 24.3 Å². The minimum Gasteiger partial charge on any atom is -0.497 e. The summed E-state index contributed by atoms with van der Waals surface area (Å²) in [5.74, 6) is 0.837. The molecule has 0 heterocycles. The molecule has 2 rings (SSSR count). The fourth-order valence-electron chi connectivity index (χ4n) is 1.93. The van der Waals surface area contributed by atoms with E-state index in [0.717, 1.165) is 18.0 Å². The van der Waals surface area contributed by atoms with E-state index < -0.39 is 0 Å². The number of rotatable bonds is 4. The molecule has 0 unspecified atom stereocenters. The summed E-state index contributed by atoms with van der Waals surface area (Å²) in [5.41, 5.74) is 7.79. The summed E-state index contributed by atoms with van der Waals surface area (Å²) < 4.78 is 5.22. The first kappa shape index (κ1) is 10.1. The topological polar surface area (TPSA) is 38.5 Å². The summed E-state index contributed by atoms with van der Waals surface area (Å²) in [4.78, 5) is 2.39. The molecule has 0 saturated heterocycles. The van der Waals surface area contributed by atoms with Crippen LogP contribution < -0.4 is 15.4 Å². The normalized spacial score (nSPS) is 15.1. The van der Waals surface area contributed by atoms with Gasteiger partial charge in [-0.15, -0.1) is 0 Å². The number of methoxy groups -OCH3 is 1. The summed E-state index contributed by atoms with van der Waals surface area (Å²) in [7, 11) is 1.67. The van der Waals surface area contributed by atoms with E-state index in [1.807, 2.05) is 12.1 Å². The number of benzene rings is 1. The Kier molecular flexibility index (Phi) is 2.71. The van der Waals surface area contributed by atoms with Gasteiger partial charge in [0.15, 0.2) is 0 Å². The summed E-state index contributed by atoms with van der Waals surface area (Å²) in [6, 6.07) is 6.63. The second kappa shape index (κ2) is 4.01. The van der Waals surface area contributed by atoms with Crippen LogP contribution in [0, 0.1) is 0 Å². The van der Waals surface area contributed by atoms with Gasteiger partial charge in [0.25, 0.3) is 0 Å². The largest absolute Gasteiger partial charge is 0.497 e. The van der Waals surface area contributed by atoms with Gasteiger partial charge in [0, 0.05) is 36.1 Å². The van der Waals surface area contributed by atoms with Crippen LogP contribution in [0.4, 0.5) is 11.4 Å². The first-order chi connectivity index (χ1) is 7.24. The molecule has 2 N–H and O–H groups in total. The molecule has 0 bridgehead atoms. The fraction of sp³-hybridized carbons (Fsp3) is 0.500. The average Bonchev–Trinajstić information content (AvgIpc) is 3.02. The third-order valence-electron chi connectivity index (χ3n) is 2.81.